The molecule has 0 bridgehead atoms. The molecule has 0 radical (unpaired) electrons. The van der Waals surface area contributed by atoms with Crippen molar-refractivity contribution in [3.8, 4) is 5.75 Å². The molecule has 0 spiro atoms. The van der Waals surface area contributed by atoms with Gasteiger partial charge in [0.25, 0.3) is 11.5 Å². The number of hydrogen-bond acceptors (Lipinski definition) is 6. The van der Waals surface area contributed by atoms with E-state index in [1.165, 1.54) is 22.0 Å². The van der Waals surface area contributed by atoms with Crippen molar-refractivity contribution in [2.75, 3.05) is 7.11 Å². The van der Waals surface area contributed by atoms with Crippen molar-refractivity contribution >= 4 is 33.7 Å². The lowest BCUT2D eigenvalue weighted by Gasteiger charge is -2.17. The van der Waals surface area contributed by atoms with Gasteiger partial charge in [-0.05, 0) is 48.4 Å². The summed E-state index contributed by atoms with van der Waals surface area (Å²) < 4.78 is 6.51. The predicted molar refractivity (Wildman–Crippen MR) is 114 cm³/mol. The summed E-state index contributed by atoms with van der Waals surface area (Å²) in [5, 5.41) is 4.63. The number of hydrazone groups is 1. The molecule has 1 aliphatic carbocycles. The molecule has 2 heterocycles. The second-order valence-electron chi connectivity index (χ2n) is 7.28. The van der Waals surface area contributed by atoms with Crippen LogP contribution in [0.5, 0.6) is 5.75 Å². The minimum atomic E-state index is -0.384. The lowest BCUT2D eigenvalue weighted by Crippen LogP contribution is -2.30. The van der Waals surface area contributed by atoms with Crippen LogP contribution in [0.25, 0.3) is 10.2 Å². The van der Waals surface area contributed by atoms with Crippen molar-refractivity contribution in [1.82, 2.24) is 15.0 Å². The van der Waals surface area contributed by atoms with Gasteiger partial charge in [-0.2, -0.15) is 5.10 Å². The van der Waals surface area contributed by atoms with Crippen LogP contribution in [-0.4, -0.2) is 28.8 Å². The van der Waals surface area contributed by atoms with Crippen LogP contribution in [0.1, 0.15) is 29.3 Å². The number of nitrogens with zero attached hydrogens (tertiary/aromatic N) is 3. The molecule has 7 nitrogen and oxygen atoms in total. The number of carbonyl (C=O) groups excluding carboxylic acids is 1. The van der Waals surface area contributed by atoms with Crippen LogP contribution in [0.3, 0.4) is 0 Å². The summed E-state index contributed by atoms with van der Waals surface area (Å²) in [4.78, 5) is 31.6. The molecule has 1 atom stereocenters. The number of ether oxygens (including phenoxy) is 1. The van der Waals surface area contributed by atoms with Gasteiger partial charge in [-0.25, -0.2) is 10.4 Å². The summed E-state index contributed by atoms with van der Waals surface area (Å²) in [6.45, 7) is 2.10. The first-order valence-electron chi connectivity index (χ1n) is 9.51. The van der Waals surface area contributed by atoms with Gasteiger partial charge in [0.05, 0.1) is 25.0 Å². The number of amides is 1. The van der Waals surface area contributed by atoms with E-state index in [-0.39, 0.29) is 18.0 Å². The molecule has 0 unspecified atom stereocenters. The van der Waals surface area contributed by atoms with Crippen molar-refractivity contribution in [1.29, 1.82) is 0 Å². The number of benzene rings is 1. The first kappa shape index (κ1) is 19.3. The number of fused-ring (bicyclic) bond motifs is 3. The summed E-state index contributed by atoms with van der Waals surface area (Å²) in [5.74, 6) is 0.954. The van der Waals surface area contributed by atoms with Gasteiger partial charge in [-0.3, -0.25) is 14.2 Å². The fraction of sp³-hybridized carbons (Fsp3) is 0.333. The van der Waals surface area contributed by atoms with E-state index >= 15 is 0 Å². The van der Waals surface area contributed by atoms with Crippen LogP contribution in [-0.2, 0) is 24.2 Å². The molecule has 1 aliphatic rings. The van der Waals surface area contributed by atoms with E-state index in [0.717, 1.165) is 35.2 Å². The maximum atomic E-state index is 12.9. The van der Waals surface area contributed by atoms with E-state index in [2.05, 4.69) is 22.4 Å². The molecule has 4 rings (SSSR count). The highest BCUT2D eigenvalue weighted by atomic mass is 32.1. The number of aromatic nitrogens is 2. The van der Waals surface area contributed by atoms with Crippen LogP contribution >= 0.6 is 11.3 Å². The van der Waals surface area contributed by atoms with Crippen LogP contribution in [0.2, 0.25) is 0 Å². The maximum Gasteiger partial charge on any atom is 0.262 e. The SMILES string of the molecule is COc1cccc(C=NNC(=O)Cn2cnc3sc4c(c3c2=O)CC[C@H](C)C4)c1. The standard InChI is InChI=1S/C21H22N4O3S/c1-13-6-7-16-17(8-13)29-20-19(16)21(27)25(12-22-20)11-18(26)24-23-10-14-4-3-5-15(9-14)28-2/h3-5,9-10,12-13H,6-8,11H2,1-2H3,(H,24,26)/t13-/m0/s1. The summed E-state index contributed by atoms with van der Waals surface area (Å²) in [5.41, 5.74) is 4.21. The van der Waals surface area contributed by atoms with Gasteiger partial charge in [0, 0.05) is 4.88 Å². The Labute approximate surface area is 172 Å². The zero-order valence-electron chi connectivity index (χ0n) is 16.3. The van der Waals surface area contributed by atoms with Crippen LogP contribution in [0.4, 0.5) is 0 Å². The number of nitrogens with one attached hydrogen (secondary N) is 1. The first-order chi connectivity index (χ1) is 14.0. The Hall–Kier alpha value is -3.00. The van der Waals surface area contributed by atoms with Gasteiger partial charge in [0.15, 0.2) is 0 Å². The minimum absolute atomic E-state index is 0.127. The molecule has 150 valence electrons. The van der Waals surface area contributed by atoms with E-state index in [1.807, 2.05) is 18.2 Å². The Bertz CT molecular complexity index is 1150. The molecule has 0 saturated heterocycles. The first-order valence-corrected chi connectivity index (χ1v) is 10.3. The zero-order valence-corrected chi connectivity index (χ0v) is 17.2. The molecular weight excluding hydrogens is 388 g/mol. The third kappa shape index (κ3) is 4.07. The molecule has 1 N–H and O–H groups in total. The molecule has 1 aromatic carbocycles. The number of methoxy groups -OCH3 is 1. The second-order valence-corrected chi connectivity index (χ2v) is 8.36. The van der Waals surface area contributed by atoms with E-state index in [9.17, 15) is 9.59 Å². The van der Waals surface area contributed by atoms with Crippen LogP contribution in [0.15, 0.2) is 40.5 Å². The van der Waals surface area contributed by atoms with Crippen molar-refractivity contribution in [3.05, 3.63) is 57.0 Å². The molecule has 0 aliphatic heterocycles. The highest BCUT2D eigenvalue weighted by Gasteiger charge is 2.23. The Kier molecular flexibility index (Phi) is 5.44. The third-order valence-electron chi connectivity index (χ3n) is 5.09. The van der Waals surface area contributed by atoms with Crippen molar-refractivity contribution in [3.63, 3.8) is 0 Å². The van der Waals surface area contributed by atoms with Gasteiger partial charge in [0.1, 0.15) is 17.1 Å². The zero-order chi connectivity index (χ0) is 20.4. The van der Waals surface area contributed by atoms with Crippen LogP contribution in [0, 0.1) is 5.92 Å². The largest absolute Gasteiger partial charge is 0.497 e. The summed E-state index contributed by atoms with van der Waals surface area (Å²) in [7, 11) is 1.59. The smallest absolute Gasteiger partial charge is 0.262 e. The quantitative estimate of drug-likeness (QED) is 0.518. The number of hydrogen-bond donors (Lipinski definition) is 1. The van der Waals surface area contributed by atoms with E-state index < -0.39 is 0 Å². The lowest BCUT2D eigenvalue weighted by molar-refractivity contribution is -0.121. The molecule has 0 fully saturated rings. The molecule has 8 heteroatoms. The number of carbonyl (C=O) groups is 1. The normalized spacial score (nSPS) is 16.1. The Morgan fingerprint density at radius 1 is 1.48 bits per heavy atom. The highest BCUT2D eigenvalue weighted by Crippen LogP contribution is 2.35. The molecular formula is C21H22N4O3S. The Morgan fingerprint density at radius 3 is 3.17 bits per heavy atom. The molecule has 1 amide bonds. The van der Waals surface area contributed by atoms with Crippen molar-refractivity contribution in [2.45, 2.75) is 32.7 Å². The summed E-state index contributed by atoms with van der Waals surface area (Å²) >= 11 is 1.60. The van der Waals surface area contributed by atoms with Crippen molar-refractivity contribution < 1.29 is 9.53 Å². The third-order valence-corrected chi connectivity index (χ3v) is 6.26. The van der Waals surface area contributed by atoms with Crippen LogP contribution < -0.4 is 15.7 Å². The van der Waals surface area contributed by atoms with E-state index in [1.54, 1.807) is 24.5 Å². The molecule has 29 heavy (non-hydrogen) atoms. The monoisotopic (exact) mass is 410 g/mol. The van der Waals surface area contributed by atoms with Gasteiger partial charge in [-0.15, -0.1) is 11.3 Å². The average molecular weight is 410 g/mol. The maximum absolute atomic E-state index is 12.9. The minimum Gasteiger partial charge on any atom is -0.497 e. The number of aryl methyl sites for hydroxylation is 1. The Morgan fingerprint density at radius 2 is 2.34 bits per heavy atom. The fourth-order valence-corrected chi connectivity index (χ4v) is 4.91. The van der Waals surface area contributed by atoms with Gasteiger partial charge < -0.3 is 4.74 Å². The lowest BCUT2D eigenvalue weighted by atomic mass is 9.89. The van der Waals surface area contributed by atoms with E-state index in [4.69, 9.17) is 4.74 Å². The average Bonchev–Trinajstić information content (AvgIpc) is 3.08. The highest BCUT2D eigenvalue weighted by molar-refractivity contribution is 7.18. The van der Waals surface area contributed by atoms with Gasteiger partial charge >= 0.3 is 0 Å². The second kappa shape index (κ2) is 8.16. The molecule has 0 saturated carbocycles. The van der Waals surface area contributed by atoms with Gasteiger partial charge in [-0.1, -0.05) is 19.1 Å². The topological polar surface area (TPSA) is 85.6 Å². The summed E-state index contributed by atoms with van der Waals surface area (Å²) in [6.07, 6.45) is 5.94. The number of thiophene rings is 1. The Balaban J connectivity index is 1.49. The fourth-order valence-electron chi connectivity index (χ4n) is 3.57. The van der Waals surface area contributed by atoms with Crippen molar-refractivity contribution in [2.24, 2.45) is 11.0 Å². The summed E-state index contributed by atoms with van der Waals surface area (Å²) in [6, 6.07) is 7.32. The van der Waals surface area contributed by atoms with E-state index in [0.29, 0.717) is 17.1 Å². The van der Waals surface area contributed by atoms with Gasteiger partial charge in [0.2, 0.25) is 0 Å². The predicted octanol–water partition coefficient (Wildman–Crippen LogP) is 2.74. The number of rotatable bonds is 5. The molecule has 2 aromatic heterocycles. The molecule has 3 aromatic rings.